The summed E-state index contributed by atoms with van der Waals surface area (Å²) in [6.45, 7) is 6.64. The van der Waals surface area contributed by atoms with Crippen molar-refractivity contribution in [1.29, 1.82) is 0 Å². The number of nitrogens with zero attached hydrogens (tertiary/aromatic N) is 5. The van der Waals surface area contributed by atoms with Gasteiger partial charge in [0.2, 0.25) is 0 Å². The van der Waals surface area contributed by atoms with Crippen LogP contribution in [-0.4, -0.2) is 60.2 Å². The van der Waals surface area contributed by atoms with E-state index < -0.39 is 12.0 Å². The molecule has 34 heavy (non-hydrogen) atoms. The minimum Gasteiger partial charge on any atom is -0.480 e. The highest BCUT2D eigenvalue weighted by Crippen LogP contribution is 2.28. The van der Waals surface area contributed by atoms with Crippen LogP contribution >= 0.6 is 0 Å². The maximum atomic E-state index is 13.0. The molecule has 0 bridgehead atoms. The lowest BCUT2D eigenvalue weighted by atomic mass is 9.99. The van der Waals surface area contributed by atoms with E-state index in [0.717, 1.165) is 35.2 Å². The van der Waals surface area contributed by atoms with Crippen molar-refractivity contribution in [2.75, 3.05) is 6.54 Å². The number of carboxylic acids is 1. The number of H-pyrrole nitrogens is 1. The molecule has 2 heterocycles. The summed E-state index contributed by atoms with van der Waals surface area (Å²) in [7, 11) is 0. The minimum atomic E-state index is -1.02. The van der Waals surface area contributed by atoms with Crippen LogP contribution in [0.4, 0.5) is 4.79 Å². The number of benzene rings is 1. The molecule has 0 spiro atoms. The fourth-order valence-electron chi connectivity index (χ4n) is 3.59. The molecule has 2 aromatic heterocycles. The molecule has 0 radical (unpaired) electrons. The summed E-state index contributed by atoms with van der Waals surface area (Å²) >= 11 is 0. The zero-order valence-corrected chi connectivity index (χ0v) is 19.7. The van der Waals surface area contributed by atoms with E-state index in [1.807, 2.05) is 57.2 Å². The number of tetrazole rings is 1. The topological polar surface area (TPSA) is 137 Å². The summed E-state index contributed by atoms with van der Waals surface area (Å²) in [6.07, 6.45) is 4.13. The summed E-state index contributed by atoms with van der Waals surface area (Å²) in [5.74, 6) is -0.641. The molecule has 2 amide bonds. The van der Waals surface area contributed by atoms with E-state index >= 15 is 0 Å². The molecule has 0 fully saturated rings. The Morgan fingerprint density at radius 2 is 1.91 bits per heavy atom. The number of pyridine rings is 1. The first-order chi connectivity index (χ1) is 16.4. The first-order valence-electron chi connectivity index (χ1n) is 11.5. The number of nitrogens with one attached hydrogen (secondary N) is 2. The van der Waals surface area contributed by atoms with Crippen molar-refractivity contribution in [3.63, 3.8) is 0 Å². The number of aromatic nitrogens is 5. The van der Waals surface area contributed by atoms with Crippen molar-refractivity contribution in [3.05, 3.63) is 48.2 Å². The van der Waals surface area contributed by atoms with Gasteiger partial charge in [0.05, 0.1) is 5.69 Å². The lowest BCUT2D eigenvalue weighted by Crippen LogP contribution is -2.50. The van der Waals surface area contributed by atoms with Gasteiger partial charge in [-0.25, -0.2) is 14.7 Å². The van der Waals surface area contributed by atoms with Crippen LogP contribution in [0.2, 0.25) is 0 Å². The number of amides is 2. The number of aliphatic carboxylic acids is 1. The molecule has 0 saturated carbocycles. The van der Waals surface area contributed by atoms with Gasteiger partial charge in [-0.05, 0) is 34.4 Å². The van der Waals surface area contributed by atoms with Crippen molar-refractivity contribution in [2.45, 2.75) is 52.6 Å². The Labute approximate surface area is 198 Å². The highest BCUT2D eigenvalue weighted by atomic mass is 16.4. The summed E-state index contributed by atoms with van der Waals surface area (Å²) < 4.78 is 0. The van der Waals surface area contributed by atoms with Gasteiger partial charge < -0.3 is 15.3 Å². The minimum absolute atomic E-state index is 0.171. The maximum Gasteiger partial charge on any atom is 0.326 e. The second kappa shape index (κ2) is 11.9. The average molecular weight is 466 g/mol. The third-order valence-corrected chi connectivity index (χ3v) is 5.83. The van der Waals surface area contributed by atoms with Gasteiger partial charge in [0, 0.05) is 30.4 Å². The van der Waals surface area contributed by atoms with Gasteiger partial charge >= 0.3 is 12.0 Å². The van der Waals surface area contributed by atoms with Crippen molar-refractivity contribution in [2.24, 2.45) is 5.92 Å². The Morgan fingerprint density at radius 1 is 1.15 bits per heavy atom. The first kappa shape index (κ1) is 24.8. The number of rotatable bonds is 11. The number of unbranched alkanes of at least 4 members (excludes halogenated alkanes) is 1. The molecule has 10 nitrogen and oxygen atoms in total. The van der Waals surface area contributed by atoms with Crippen LogP contribution in [0.1, 0.15) is 45.6 Å². The van der Waals surface area contributed by atoms with Gasteiger partial charge in [0.1, 0.15) is 6.04 Å². The van der Waals surface area contributed by atoms with Crippen LogP contribution in [0.15, 0.2) is 42.6 Å². The highest BCUT2D eigenvalue weighted by Gasteiger charge is 2.27. The molecule has 1 aromatic carbocycles. The van der Waals surface area contributed by atoms with Crippen LogP contribution < -0.4 is 5.32 Å². The van der Waals surface area contributed by atoms with Crippen molar-refractivity contribution >= 4 is 12.0 Å². The lowest BCUT2D eigenvalue weighted by Gasteiger charge is -2.27. The summed E-state index contributed by atoms with van der Waals surface area (Å²) in [5.41, 5.74) is 3.32. The number of hydrogen-bond donors (Lipinski definition) is 3. The monoisotopic (exact) mass is 465 g/mol. The smallest absolute Gasteiger partial charge is 0.326 e. The number of carboxylic acid groups (broad SMARTS) is 1. The normalized spacial score (nSPS) is 12.7. The second-order valence-electron chi connectivity index (χ2n) is 8.27. The van der Waals surface area contributed by atoms with Crippen LogP contribution in [0, 0.1) is 5.92 Å². The Bertz CT molecular complexity index is 1070. The third-order valence-electron chi connectivity index (χ3n) is 5.83. The van der Waals surface area contributed by atoms with Crippen LogP contribution in [0.3, 0.4) is 0 Å². The summed E-state index contributed by atoms with van der Waals surface area (Å²) in [4.78, 5) is 30.9. The molecule has 0 aliphatic heterocycles. The number of carbonyl (C=O) groups excluding carboxylic acids is 1. The molecule has 0 saturated heterocycles. The number of hydrogen-bond acceptors (Lipinski definition) is 6. The molecule has 2 atom stereocenters. The van der Waals surface area contributed by atoms with Gasteiger partial charge in [-0.15, -0.1) is 5.10 Å². The van der Waals surface area contributed by atoms with Gasteiger partial charge in [-0.3, -0.25) is 4.98 Å². The molecule has 0 aliphatic rings. The van der Waals surface area contributed by atoms with Crippen molar-refractivity contribution in [1.82, 2.24) is 35.8 Å². The van der Waals surface area contributed by atoms with Crippen molar-refractivity contribution in [3.8, 4) is 22.6 Å². The average Bonchev–Trinajstić information content (AvgIpc) is 3.39. The number of carbonyl (C=O) groups is 2. The zero-order chi connectivity index (χ0) is 24.5. The van der Waals surface area contributed by atoms with E-state index in [1.165, 1.54) is 0 Å². The molecule has 2 unspecified atom stereocenters. The Balaban J connectivity index is 1.77. The first-order valence-corrected chi connectivity index (χ1v) is 11.5. The van der Waals surface area contributed by atoms with E-state index in [1.54, 1.807) is 11.1 Å². The van der Waals surface area contributed by atoms with Gasteiger partial charge in [-0.2, -0.15) is 0 Å². The highest BCUT2D eigenvalue weighted by molar-refractivity contribution is 5.83. The van der Waals surface area contributed by atoms with Crippen LogP contribution in [-0.2, 0) is 11.3 Å². The molecule has 10 heteroatoms. The molecule has 3 N–H and O–H groups in total. The van der Waals surface area contributed by atoms with E-state index in [2.05, 4.69) is 30.9 Å². The van der Waals surface area contributed by atoms with Crippen molar-refractivity contribution < 1.29 is 14.7 Å². The predicted octanol–water partition coefficient (Wildman–Crippen LogP) is 3.74. The lowest BCUT2D eigenvalue weighted by molar-refractivity contribution is -0.140. The standard InChI is InChI=1S/C24H31N7O3/c1-4-6-13-31(24(34)26-21(23(32)33)16(3)5-2)15-17-11-12-20(25-14-17)18-9-7-8-10-19(18)22-27-29-30-28-22/h7-12,14,16,21H,4-6,13,15H2,1-3H3,(H,26,34)(H,32,33)(H,27,28,29,30). The Kier molecular flexibility index (Phi) is 8.66. The molecule has 3 aromatic rings. The molecule has 180 valence electrons. The third kappa shape index (κ3) is 6.15. The quantitative estimate of drug-likeness (QED) is 0.392. The maximum absolute atomic E-state index is 13.0. The van der Waals surface area contributed by atoms with Crippen LogP contribution in [0.25, 0.3) is 22.6 Å². The van der Waals surface area contributed by atoms with Gasteiger partial charge in [0.25, 0.3) is 0 Å². The zero-order valence-electron chi connectivity index (χ0n) is 19.7. The second-order valence-corrected chi connectivity index (χ2v) is 8.27. The molecular weight excluding hydrogens is 434 g/mol. The Morgan fingerprint density at radius 3 is 2.50 bits per heavy atom. The van der Waals surface area contributed by atoms with Gasteiger partial charge in [-0.1, -0.05) is 63.9 Å². The Hall–Kier alpha value is -3.82. The van der Waals surface area contributed by atoms with Gasteiger partial charge in [0.15, 0.2) is 5.82 Å². The molecular formula is C24H31N7O3. The summed E-state index contributed by atoms with van der Waals surface area (Å²) in [5, 5.41) is 26.3. The summed E-state index contributed by atoms with van der Waals surface area (Å²) in [6, 6.07) is 10.2. The number of aromatic amines is 1. The fourth-order valence-corrected chi connectivity index (χ4v) is 3.59. The van der Waals surface area contributed by atoms with Crippen LogP contribution in [0.5, 0.6) is 0 Å². The fraction of sp³-hybridized carbons (Fsp3) is 0.417. The molecule has 0 aliphatic carbocycles. The predicted molar refractivity (Wildman–Crippen MR) is 128 cm³/mol. The van der Waals surface area contributed by atoms with E-state index in [9.17, 15) is 14.7 Å². The van der Waals surface area contributed by atoms with E-state index in [-0.39, 0.29) is 11.9 Å². The van der Waals surface area contributed by atoms with E-state index in [4.69, 9.17) is 0 Å². The largest absolute Gasteiger partial charge is 0.480 e. The SMILES string of the molecule is CCCCN(Cc1ccc(-c2ccccc2-c2nnn[nH]2)nc1)C(=O)NC(C(=O)O)C(C)CC. The van der Waals surface area contributed by atoms with E-state index in [0.29, 0.717) is 25.3 Å². The number of urea groups is 1. The molecule has 3 rings (SSSR count).